The minimum absolute atomic E-state index is 0.741. The highest BCUT2D eigenvalue weighted by molar-refractivity contribution is 7.99. The molecule has 0 atom stereocenters. The maximum atomic E-state index is 10.5. The molecule has 0 radical (unpaired) electrons. The second-order valence-electron chi connectivity index (χ2n) is 4.40. The summed E-state index contributed by atoms with van der Waals surface area (Å²) in [5, 5.41) is 8.62. The quantitative estimate of drug-likeness (QED) is 0.656. The minimum Gasteiger partial charge on any atom is -0.478 e. The van der Waals surface area contributed by atoms with Crippen LogP contribution in [-0.2, 0) is 17.6 Å². The summed E-state index contributed by atoms with van der Waals surface area (Å²) in [5.74, 6) is -0.123. The van der Waals surface area contributed by atoms with Crippen molar-refractivity contribution in [1.82, 2.24) is 0 Å². The molecule has 2 rings (SSSR count). The highest BCUT2D eigenvalue weighted by Gasteiger charge is 2.10. The standard InChI is InChI=1S/C14H16O2S/c1-10(7-14(15)16)9-17-13-6-5-11-3-2-4-12(11)8-13/h5-8H,2-4,9H2,1H3,(H,15,16). The maximum absolute atomic E-state index is 10.5. The van der Waals surface area contributed by atoms with E-state index >= 15 is 0 Å². The summed E-state index contributed by atoms with van der Waals surface area (Å²) in [7, 11) is 0. The van der Waals surface area contributed by atoms with E-state index in [1.54, 1.807) is 11.8 Å². The minimum atomic E-state index is -0.864. The van der Waals surface area contributed by atoms with Crippen LogP contribution in [0.1, 0.15) is 24.5 Å². The van der Waals surface area contributed by atoms with Gasteiger partial charge >= 0.3 is 5.97 Å². The average molecular weight is 248 g/mol. The van der Waals surface area contributed by atoms with Gasteiger partial charge in [-0.15, -0.1) is 11.8 Å². The number of carboxylic acid groups (broad SMARTS) is 1. The fraction of sp³-hybridized carbons (Fsp3) is 0.357. The predicted molar refractivity (Wildman–Crippen MR) is 70.6 cm³/mol. The monoisotopic (exact) mass is 248 g/mol. The van der Waals surface area contributed by atoms with Gasteiger partial charge in [0.05, 0.1) is 0 Å². The molecule has 90 valence electrons. The number of carbonyl (C=O) groups is 1. The van der Waals surface area contributed by atoms with Gasteiger partial charge in [0, 0.05) is 16.7 Å². The van der Waals surface area contributed by atoms with Gasteiger partial charge in [-0.05, 0) is 49.4 Å². The molecule has 0 fully saturated rings. The third-order valence-electron chi connectivity index (χ3n) is 2.91. The molecule has 0 saturated carbocycles. The number of carboxylic acids is 1. The fourth-order valence-corrected chi connectivity index (χ4v) is 2.96. The van der Waals surface area contributed by atoms with Gasteiger partial charge in [0.25, 0.3) is 0 Å². The van der Waals surface area contributed by atoms with E-state index in [0.717, 1.165) is 11.3 Å². The lowest BCUT2D eigenvalue weighted by molar-refractivity contribution is -0.131. The summed E-state index contributed by atoms with van der Waals surface area (Å²) < 4.78 is 0. The van der Waals surface area contributed by atoms with Crippen LogP contribution in [-0.4, -0.2) is 16.8 Å². The maximum Gasteiger partial charge on any atom is 0.328 e. The fourth-order valence-electron chi connectivity index (χ4n) is 2.09. The lowest BCUT2D eigenvalue weighted by Crippen LogP contribution is -1.92. The SMILES string of the molecule is CC(=CC(=O)O)CSc1ccc2c(c1)CCC2. The van der Waals surface area contributed by atoms with E-state index < -0.39 is 5.97 Å². The molecule has 0 unspecified atom stereocenters. The van der Waals surface area contributed by atoms with E-state index in [4.69, 9.17) is 5.11 Å². The zero-order chi connectivity index (χ0) is 12.3. The van der Waals surface area contributed by atoms with Crippen LogP contribution in [0.25, 0.3) is 0 Å². The molecular formula is C14H16O2S. The number of benzene rings is 1. The molecule has 0 saturated heterocycles. The Kier molecular flexibility index (Phi) is 3.89. The molecule has 1 aliphatic carbocycles. The van der Waals surface area contributed by atoms with E-state index in [1.165, 1.54) is 41.4 Å². The molecule has 0 aromatic heterocycles. The molecule has 1 aromatic rings. The van der Waals surface area contributed by atoms with Gasteiger partial charge in [-0.2, -0.15) is 0 Å². The van der Waals surface area contributed by atoms with Gasteiger partial charge in [0.15, 0.2) is 0 Å². The predicted octanol–water partition coefficient (Wildman–Crippen LogP) is 3.30. The number of hydrogen-bond donors (Lipinski definition) is 1. The van der Waals surface area contributed by atoms with Crippen molar-refractivity contribution in [2.45, 2.75) is 31.1 Å². The summed E-state index contributed by atoms with van der Waals surface area (Å²) >= 11 is 1.70. The van der Waals surface area contributed by atoms with Gasteiger partial charge in [-0.1, -0.05) is 11.6 Å². The molecule has 1 aliphatic rings. The Morgan fingerprint density at radius 2 is 2.18 bits per heavy atom. The van der Waals surface area contributed by atoms with Crippen molar-refractivity contribution < 1.29 is 9.90 Å². The van der Waals surface area contributed by atoms with Crippen molar-refractivity contribution in [3.8, 4) is 0 Å². The topological polar surface area (TPSA) is 37.3 Å². The molecule has 2 nitrogen and oxygen atoms in total. The zero-order valence-electron chi connectivity index (χ0n) is 9.90. The Bertz CT molecular complexity index is 463. The normalized spacial score (nSPS) is 14.8. The molecule has 3 heteroatoms. The number of fused-ring (bicyclic) bond motifs is 1. The smallest absolute Gasteiger partial charge is 0.328 e. The van der Waals surface area contributed by atoms with Crippen LogP contribution in [0.5, 0.6) is 0 Å². The van der Waals surface area contributed by atoms with E-state index in [1.807, 2.05) is 6.92 Å². The van der Waals surface area contributed by atoms with Crippen LogP contribution in [0.4, 0.5) is 0 Å². The summed E-state index contributed by atoms with van der Waals surface area (Å²) in [6.07, 6.45) is 4.94. The van der Waals surface area contributed by atoms with Crippen molar-refractivity contribution in [1.29, 1.82) is 0 Å². The summed E-state index contributed by atoms with van der Waals surface area (Å²) in [6.45, 7) is 1.86. The number of aryl methyl sites for hydroxylation is 2. The van der Waals surface area contributed by atoms with Crippen molar-refractivity contribution in [3.63, 3.8) is 0 Å². The van der Waals surface area contributed by atoms with Crippen molar-refractivity contribution in [2.24, 2.45) is 0 Å². The van der Waals surface area contributed by atoms with E-state index in [2.05, 4.69) is 18.2 Å². The molecule has 1 N–H and O–H groups in total. The van der Waals surface area contributed by atoms with Crippen molar-refractivity contribution in [2.75, 3.05) is 5.75 Å². The summed E-state index contributed by atoms with van der Waals surface area (Å²) in [5.41, 5.74) is 3.84. The Hall–Kier alpha value is -1.22. The van der Waals surface area contributed by atoms with E-state index in [9.17, 15) is 4.79 Å². The van der Waals surface area contributed by atoms with Gasteiger partial charge in [0.1, 0.15) is 0 Å². The second kappa shape index (κ2) is 5.41. The average Bonchev–Trinajstić information content (AvgIpc) is 2.72. The first kappa shape index (κ1) is 12.2. The second-order valence-corrected chi connectivity index (χ2v) is 5.45. The highest BCUT2D eigenvalue weighted by atomic mass is 32.2. The lowest BCUT2D eigenvalue weighted by atomic mass is 10.1. The molecular weight excluding hydrogens is 232 g/mol. The van der Waals surface area contributed by atoms with E-state index in [-0.39, 0.29) is 0 Å². The highest BCUT2D eigenvalue weighted by Crippen LogP contribution is 2.28. The van der Waals surface area contributed by atoms with Gasteiger partial charge < -0.3 is 5.11 Å². The molecule has 0 spiro atoms. The molecule has 0 bridgehead atoms. The Morgan fingerprint density at radius 3 is 2.94 bits per heavy atom. The molecule has 1 aromatic carbocycles. The zero-order valence-corrected chi connectivity index (χ0v) is 10.7. The molecule has 0 heterocycles. The first-order valence-corrected chi connectivity index (χ1v) is 6.78. The van der Waals surface area contributed by atoms with Crippen LogP contribution >= 0.6 is 11.8 Å². The third kappa shape index (κ3) is 3.37. The molecule has 0 aliphatic heterocycles. The van der Waals surface area contributed by atoms with Gasteiger partial charge in [-0.25, -0.2) is 4.79 Å². The first-order chi connectivity index (χ1) is 8.15. The summed E-state index contributed by atoms with van der Waals surface area (Å²) in [4.78, 5) is 11.7. The van der Waals surface area contributed by atoms with Crippen LogP contribution in [0.3, 0.4) is 0 Å². The van der Waals surface area contributed by atoms with Crippen LogP contribution < -0.4 is 0 Å². The molecule has 17 heavy (non-hydrogen) atoms. The first-order valence-electron chi connectivity index (χ1n) is 5.80. The van der Waals surface area contributed by atoms with Crippen molar-refractivity contribution in [3.05, 3.63) is 41.0 Å². The third-order valence-corrected chi connectivity index (χ3v) is 4.09. The number of hydrogen-bond acceptors (Lipinski definition) is 2. The van der Waals surface area contributed by atoms with Gasteiger partial charge in [0.2, 0.25) is 0 Å². The van der Waals surface area contributed by atoms with Crippen LogP contribution in [0, 0.1) is 0 Å². The van der Waals surface area contributed by atoms with Gasteiger partial charge in [-0.3, -0.25) is 0 Å². The molecule has 0 amide bonds. The van der Waals surface area contributed by atoms with Crippen molar-refractivity contribution >= 4 is 17.7 Å². The van der Waals surface area contributed by atoms with Crippen LogP contribution in [0.2, 0.25) is 0 Å². The lowest BCUT2D eigenvalue weighted by Gasteiger charge is -2.04. The number of thioether (sulfide) groups is 1. The Labute approximate surface area is 106 Å². The number of aliphatic carboxylic acids is 1. The van der Waals surface area contributed by atoms with E-state index in [0.29, 0.717) is 0 Å². The largest absolute Gasteiger partial charge is 0.478 e. The Balaban J connectivity index is 1.98. The summed E-state index contributed by atoms with van der Waals surface area (Å²) in [6, 6.07) is 6.60. The van der Waals surface area contributed by atoms with Crippen LogP contribution in [0.15, 0.2) is 34.7 Å². The Morgan fingerprint density at radius 1 is 1.41 bits per heavy atom. The number of rotatable bonds is 4.